The summed E-state index contributed by atoms with van der Waals surface area (Å²) in [6, 6.07) is 0. The van der Waals surface area contributed by atoms with E-state index in [2.05, 4.69) is 26.2 Å². The largest absolute Gasteiger partial charge is 0.477 e. The number of hydrogen-bond donors (Lipinski definition) is 0. The summed E-state index contributed by atoms with van der Waals surface area (Å²) in [4.78, 5) is 10.9. The fraction of sp³-hybridized carbons (Fsp3) is 0.632. The molecule has 2 aliphatic heterocycles. The molecule has 0 unspecified atom stereocenters. The van der Waals surface area contributed by atoms with Crippen LogP contribution in [0.15, 0.2) is 24.8 Å². The lowest BCUT2D eigenvalue weighted by Crippen LogP contribution is -2.64. The van der Waals surface area contributed by atoms with Crippen molar-refractivity contribution in [1.82, 2.24) is 24.6 Å². The maximum absolute atomic E-state index is 6.16. The van der Waals surface area contributed by atoms with Crippen molar-refractivity contribution < 1.29 is 9.47 Å². The maximum atomic E-state index is 6.16. The minimum Gasteiger partial charge on any atom is -0.477 e. The molecule has 1 atom stereocenters. The molecule has 2 saturated heterocycles. The Bertz CT molecular complexity index is 741. The maximum Gasteiger partial charge on any atom is 0.232 e. The van der Waals surface area contributed by atoms with E-state index < -0.39 is 0 Å². The first-order valence-corrected chi connectivity index (χ1v) is 9.36. The second-order valence-corrected chi connectivity index (χ2v) is 7.69. The van der Waals surface area contributed by atoms with Gasteiger partial charge in [0, 0.05) is 51.2 Å². The van der Waals surface area contributed by atoms with E-state index in [0.29, 0.717) is 18.4 Å². The van der Waals surface area contributed by atoms with Crippen LogP contribution in [0.2, 0.25) is 0 Å². The number of aromatic nitrogens is 4. The first-order valence-electron chi connectivity index (χ1n) is 9.36. The lowest BCUT2D eigenvalue weighted by atomic mass is 9.79. The van der Waals surface area contributed by atoms with Crippen molar-refractivity contribution in [3.63, 3.8) is 0 Å². The number of nitrogens with zero attached hydrogens (tertiary/aromatic N) is 5. The summed E-state index contributed by atoms with van der Waals surface area (Å²) >= 11 is 0. The summed E-state index contributed by atoms with van der Waals surface area (Å²) in [6.07, 6.45) is 10.7. The van der Waals surface area contributed by atoms with Crippen molar-refractivity contribution in [3.05, 3.63) is 36.0 Å². The van der Waals surface area contributed by atoms with Gasteiger partial charge in [-0.05, 0) is 32.1 Å². The number of likely N-dealkylation sites (tertiary alicyclic amines) is 1. The molecule has 0 amide bonds. The highest BCUT2D eigenvalue weighted by Crippen LogP contribution is 2.38. The quantitative estimate of drug-likeness (QED) is 0.787. The normalized spacial score (nSPS) is 22.3. The predicted molar refractivity (Wildman–Crippen MR) is 96.8 cm³/mol. The van der Waals surface area contributed by atoms with E-state index in [4.69, 9.17) is 9.47 Å². The zero-order valence-electron chi connectivity index (χ0n) is 15.6. The predicted octanol–water partition coefficient (Wildman–Crippen LogP) is 1.97. The van der Waals surface area contributed by atoms with Gasteiger partial charge in [0.05, 0.1) is 30.3 Å². The third-order valence-electron chi connectivity index (χ3n) is 5.29. The Hall–Kier alpha value is -1.99. The number of aryl methyl sites for hydroxylation is 2. The molecule has 0 aliphatic carbocycles. The van der Waals surface area contributed by atoms with E-state index in [-0.39, 0.29) is 5.60 Å². The van der Waals surface area contributed by atoms with Crippen LogP contribution in [0, 0.1) is 12.8 Å². The van der Waals surface area contributed by atoms with Crippen LogP contribution in [0.1, 0.15) is 30.5 Å². The molecule has 4 rings (SSSR count). The zero-order valence-corrected chi connectivity index (χ0v) is 15.6. The minimum atomic E-state index is 0.0499. The van der Waals surface area contributed by atoms with Crippen molar-refractivity contribution in [2.45, 2.75) is 38.3 Å². The third-order valence-corrected chi connectivity index (χ3v) is 5.29. The van der Waals surface area contributed by atoms with Crippen LogP contribution in [0.4, 0.5) is 0 Å². The highest BCUT2D eigenvalue weighted by molar-refractivity contribution is 5.09. The van der Waals surface area contributed by atoms with E-state index in [1.807, 2.05) is 24.9 Å². The smallest absolute Gasteiger partial charge is 0.232 e. The fourth-order valence-electron chi connectivity index (χ4n) is 4.13. The number of rotatable bonds is 6. The van der Waals surface area contributed by atoms with Crippen LogP contribution in [0.25, 0.3) is 0 Å². The van der Waals surface area contributed by atoms with E-state index in [9.17, 15) is 0 Å². The van der Waals surface area contributed by atoms with Gasteiger partial charge in [-0.25, -0.2) is 4.98 Å². The Morgan fingerprint density at radius 2 is 2.19 bits per heavy atom. The summed E-state index contributed by atoms with van der Waals surface area (Å²) in [7, 11) is 1.96. The SMILES string of the molecule is Cc1cncc(OCC[C@H]2CCOC3(C2)CN(Cc2cnn(C)c2)C3)n1. The molecule has 2 aromatic rings. The lowest BCUT2D eigenvalue weighted by molar-refractivity contribution is -0.182. The van der Waals surface area contributed by atoms with Gasteiger partial charge in [0.15, 0.2) is 0 Å². The van der Waals surface area contributed by atoms with Crippen molar-refractivity contribution in [2.24, 2.45) is 13.0 Å². The van der Waals surface area contributed by atoms with Gasteiger partial charge in [-0.1, -0.05) is 0 Å². The molecule has 0 bridgehead atoms. The van der Waals surface area contributed by atoms with Crippen molar-refractivity contribution in [2.75, 3.05) is 26.3 Å². The monoisotopic (exact) mass is 357 g/mol. The van der Waals surface area contributed by atoms with Crippen LogP contribution in [0.5, 0.6) is 5.88 Å². The number of ether oxygens (including phenoxy) is 2. The lowest BCUT2D eigenvalue weighted by Gasteiger charge is -2.53. The highest BCUT2D eigenvalue weighted by Gasteiger charge is 2.47. The van der Waals surface area contributed by atoms with E-state index >= 15 is 0 Å². The highest BCUT2D eigenvalue weighted by atomic mass is 16.5. The van der Waals surface area contributed by atoms with Crippen molar-refractivity contribution in [3.8, 4) is 5.88 Å². The molecule has 2 aliphatic rings. The van der Waals surface area contributed by atoms with Crippen LogP contribution >= 0.6 is 0 Å². The van der Waals surface area contributed by atoms with Gasteiger partial charge in [-0.2, -0.15) is 5.10 Å². The molecule has 1 spiro atoms. The molecule has 0 N–H and O–H groups in total. The molecule has 7 heteroatoms. The molecule has 26 heavy (non-hydrogen) atoms. The summed E-state index contributed by atoms with van der Waals surface area (Å²) in [5.41, 5.74) is 2.20. The molecular weight excluding hydrogens is 330 g/mol. The molecule has 0 aromatic carbocycles. The summed E-state index contributed by atoms with van der Waals surface area (Å²) < 4.78 is 13.8. The Labute approximate surface area is 154 Å². The van der Waals surface area contributed by atoms with Crippen LogP contribution in [-0.2, 0) is 18.3 Å². The molecule has 7 nitrogen and oxygen atoms in total. The van der Waals surface area contributed by atoms with Crippen LogP contribution < -0.4 is 4.74 Å². The fourth-order valence-corrected chi connectivity index (χ4v) is 4.13. The molecule has 4 heterocycles. The summed E-state index contributed by atoms with van der Waals surface area (Å²) in [5.74, 6) is 1.28. The van der Waals surface area contributed by atoms with Gasteiger partial charge in [0.1, 0.15) is 0 Å². The van der Waals surface area contributed by atoms with Crippen molar-refractivity contribution in [1.29, 1.82) is 0 Å². The number of hydrogen-bond acceptors (Lipinski definition) is 6. The Balaban J connectivity index is 1.22. The average molecular weight is 357 g/mol. The third kappa shape index (κ3) is 4.04. The minimum absolute atomic E-state index is 0.0499. The molecule has 140 valence electrons. The van der Waals surface area contributed by atoms with Gasteiger partial charge in [-0.3, -0.25) is 14.6 Å². The summed E-state index contributed by atoms with van der Waals surface area (Å²) in [6.45, 7) is 6.47. The average Bonchev–Trinajstić information content (AvgIpc) is 2.99. The van der Waals surface area contributed by atoms with Crippen molar-refractivity contribution >= 4 is 0 Å². The molecule has 2 fully saturated rings. The van der Waals surface area contributed by atoms with E-state index in [0.717, 1.165) is 51.2 Å². The van der Waals surface area contributed by atoms with Gasteiger partial charge in [0.25, 0.3) is 0 Å². The topological polar surface area (TPSA) is 65.3 Å². The second-order valence-electron chi connectivity index (χ2n) is 7.69. The van der Waals surface area contributed by atoms with Gasteiger partial charge >= 0.3 is 0 Å². The van der Waals surface area contributed by atoms with Crippen LogP contribution in [0.3, 0.4) is 0 Å². The van der Waals surface area contributed by atoms with Crippen LogP contribution in [-0.4, -0.2) is 56.6 Å². The van der Waals surface area contributed by atoms with Gasteiger partial charge in [0.2, 0.25) is 5.88 Å². The Kier molecular flexibility index (Phi) is 4.91. The first kappa shape index (κ1) is 17.4. The molecule has 0 radical (unpaired) electrons. The second kappa shape index (κ2) is 7.32. The zero-order chi connectivity index (χ0) is 18.0. The molecular formula is C19H27N5O2. The van der Waals surface area contributed by atoms with Gasteiger partial charge in [-0.15, -0.1) is 0 Å². The van der Waals surface area contributed by atoms with E-state index in [1.165, 1.54) is 5.56 Å². The molecule has 2 aromatic heterocycles. The standard InChI is InChI=1S/C19H27N5O2/c1-15-8-20-10-18(22-15)25-5-3-16-4-6-26-19(7-16)13-24(14-19)12-17-9-21-23(2)11-17/h8-11,16H,3-7,12-14H2,1-2H3/t16-/m0/s1. The Morgan fingerprint density at radius 3 is 2.96 bits per heavy atom. The first-order chi connectivity index (χ1) is 12.6. The Morgan fingerprint density at radius 1 is 1.31 bits per heavy atom. The van der Waals surface area contributed by atoms with Gasteiger partial charge < -0.3 is 9.47 Å². The molecule has 0 saturated carbocycles. The summed E-state index contributed by atoms with van der Waals surface area (Å²) in [5, 5.41) is 4.24. The van der Waals surface area contributed by atoms with E-state index in [1.54, 1.807) is 12.4 Å².